The van der Waals surface area contributed by atoms with Crippen LogP contribution in [0.2, 0.25) is 10.0 Å². The molecule has 2 heterocycles. The summed E-state index contributed by atoms with van der Waals surface area (Å²) in [6.07, 6.45) is 1.88. The molecule has 36 heavy (non-hydrogen) atoms. The van der Waals surface area contributed by atoms with Crippen molar-refractivity contribution in [3.8, 4) is 11.5 Å². The summed E-state index contributed by atoms with van der Waals surface area (Å²) in [6.45, 7) is 3.54. The number of nitrogens with zero attached hydrogens (tertiary/aromatic N) is 2. The highest BCUT2D eigenvalue weighted by Crippen LogP contribution is 2.43. The third kappa shape index (κ3) is 5.48. The van der Waals surface area contributed by atoms with Gasteiger partial charge in [0.2, 0.25) is 0 Å². The number of ether oxygens (including phenoxy) is 3. The van der Waals surface area contributed by atoms with E-state index in [0.717, 1.165) is 10.7 Å². The molecule has 0 aliphatic carbocycles. The predicted molar refractivity (Wildman–Crippen MR) is 142 cm³/mol. The Morgan fingerprint density at radius 1 is 1.17 bits per heavy atom. The van der Waals surface area contributed by atoms with Crippen molar-refractivity contribution in [2.24, 2.45) is 4.99 Å². The van der Waals surface area contributed by atoms with Gasteiger partial charge >= 0.3 is 5.97 Å². The molecule has 0 unspecified atom stereocenters. The Bertz CT molecular complexity index is 1290. The fourth-order valence-electron chi connectivity index (χ4n) is 3.79. The number of amidine groups is 1. The minimum absolute atomic E-state index is 0.253. The van der Waals surface area contributed by atoms with Crippen molar-refractivity contribution in [2.45, 2.75) is 19.9 Å². The second-order valence-electron chi connectivity index (χ2n) is 7.70. The Hall–Kier alpha value is -3.14. The quantitative estimate of drug-likeness (QED) is 0.418. The first-order valence-electron chi connectivity index (χ1n) is 11.0. The molecule has 11 heteroatoms. The molecule has 0 saturated heterocycles. The summed E-state index contributed by atoms with van der Waals surface area (Å²) in [6, 6.07) is 9.62. The maximum atomic E-state index is 12.8. The Morgan fingerprint density at radius 3 is 2.69 bits per heavy atom. The number of rotatable bonds is 8. The third-order valence-corrected chi connectivity index (χ3v) is 6.70. The van der Waals surface area contributed by atoms with E-state index in [2.05, 4.69) is 10.3 Å². The molecule has 2 aliphatic heterocycles. The van der Waals surface area contributed by atoms with Gasteiger partial charge in [0.15, 0.2) is 23.3 Å². The second-order valence-corrected chi connectivity index (χ2v) is 9.41. The van der Waals surface area contributed by atoms with Crippen molar-refractivity contribution >= 4 is 57.7 Å². The summed E-state index contributed by atoms with van der Waals surface area (Å²) in [4.78, 5) is 31.8. The van der Waals surface area contributed by atoms with Crippen LogP contribution in [0.1, 0.15) is 25.5 Å². The first-order chi connectivity index (χ1) is 17.3. The molecule has 0 fully saturated rings. The zero-order valence-corrected chi connectivity index (χ0v) is 22.0. The van der Waals surface area contributed by atoms with Gasteiger partial charge in [0.1, 0.15) is 0 Å². The highest BCUT2D eigenvalue weighted by Gasteiger charge is 2.37. The molecule has 2 aromatic rings. The van der Waals surface area contributed by atoms with Gasteiger partial charge < -0.3 is 24.4 Å². The number of carbonyl (C=O) groups is 2. The molecule has 0 radical (unpaired) electrons. The zero-order chi connectivity index (χ0) is 25.8. The van der Waals surface area contributed by atoms with Crippen LogP contribution in [0.4, 0.5) is 5.69 Å². The van der Waals surface area contributed by atoms with E-state index in [0.29, 0.717) is 38.5 Å². The SMILES string of the molecule is CCOC(=O)C1=C(C)N=C2SC=CN2[C@@H]1c1ccc(OCC(=O)Nc2ccc(Cl)cc2Cl)c(OC)c1. The van der Waals surface area contributed by atoms with Crippen LogP contribution in [0, 0.1) is 0 Å². The molecular weight excluding hydrogens is 525 g/mol. The summed E-state index contributed by atoms with van der Waals surface area (Å²) in [7, 11) is 1.51. The van der Waals surface area contributed by atoms with Crippen LogP contribution in [-0.4, -0.2) is 42.3 Å². The molecule has 4 rings (SSSR count). The van der Waals surface area contributed by atoms with Crippen LogP contribution in [0.5, 0.6) is 11.5 Å². The number of hydrogen-bond donors (Lipinski definition) is 1. The van der Waals surface area contributed by atoms with Gasteiger partial charge in [-0.05, 0) is 55.2 Å². The molecule has 1 amide bonds. The lowest BCUT2D eigenvalue weighted by molar-refractivity contribution is -0.139. The smallest absolute Gasteiger partial charge is 0.338 e. The minimum atomic E-state index is -0.457. The van der Waals surface area contributed by atoms with Crippen molar-refractivity contribution in [1.82, 2.24) is 4.90 Å². The van der Waals surface area contributed by atoms with E-state index < -0.39 is 17.9 Å². The predicted octanol–water partition coefficient (Wildman–Crippen LogP) is 5.79. The van der Waals surface area contributed by atoms with E-state index >= 15 is 0 Å². The minimum Gasteiger partial charge on any atom is -0.493 e. The van der Waals surface area contributed by atoms with Crippen molar-refractivity contribution < 1.29 is 23.8 Å². The molecule has 2 aliphatic rings. The second kappa shape index (κ2) is 11.3. The topological polar surface area (TPSA) is 89.5 Å². The first-order valence-corrected chi connectivity index (χ1v) is 12.6. The van der Waals surface area contributed by atoms with E-state index in [4.69, 9.17) is 37.4 Å². The lowest BCUT2D eigenvalue weighted by Crippen LogP contribution is -2.34. The number of benzene rings is 2. The van der Waals surface area contributed by atoms with E-state index in [1.807, 2.05) is 22.6 Å². The van der Waals surface area contributed by atoms with Gasteiger partial charge in [-0.1, -0.05) is 41.0 Å². The maximum Gasteiger partial charge on any atom is 0.338 e. The number of anilines is 1. The van der Waals surface area contributed by atoms with Gasteiger partial charge in [0, 0.05) is 11.2 Å². The first kappa shape index (κ1) is 25.9. The molecule has 0 bridgehead atoms. The van der Waals surface area contributed by atoms with Crippen LogP contribution in [0.25, 0.3) is 0 Å². The normalized spacial score (nSPS) is 16.4. The molecule has 0 aromatic heterocycles. The molecule has 1 N–H and O–H groups in total. The van der Waals surface area contributed by atoms with Crippen molar-refractivity contribution in [2.75, 3.05) is 25.6 Å². The monoisotopic (exact) mass is 547 g/mol. The van der Waals surface area contributed by atoms with Crippen LogP contribution in [0.3, 0.4) is 0 Å². The standard InChI is InChI=1S/C25H23Cl2N3O5S/c1-4-34-24(32)22-14(2)28-25-30(9-10-36-25)23(22)15-5-8-19(20(11-15)33-3)35-13-21(31)29-18-7-6-16(26)12-17(18)27/h5-12,23H,4,13H2,1-3H3,(H,29,31)/t23-/m1/s1. The molecule has 0 spiro atoms. The molecule has 1 atom stereocenters. The van der Waals surface area contributed by atoms with Gasteiger partial charge in [-0.3, -0.25) is 4.79 Å². The van der Waals surface area contributed by atoms with Gasteiger partial charge in [-0.25, -0.2) is 9.79 Å². The zero-order valence-electron chi connectivity index (χ0n) is 19.7. The number of allylic oxidation sites excluding steroid dienone is 1. The highest BCUT2D eigenvalue weighted by atomic mass is 35.5. The van der Waals surface area contributed by atoms with E-state index in [1.165, 1.54) is 24.9 Å². The average Bonchev–Trinajstić information content (AvgIpc) is 3.31. The van der Waals surface area contributed by atoms with Crippen LogP contribution in [0.15, 0.2) is 64.3 Å². The van der Waals surface area contributed by atoms with Crippen LogP contribution < -0.4 is 14.8 Å². The summed E-state index contributed by atoms with van der Waals surface area (Å²) in [5, 5.41) is 6.15. The summed E-state index contributed by atoms with van der Waals surface area (Å²) < 4.78 is 16.6. The Balaban J connectivity index is 1.55. The van der Waals surface area contributed by atoms with Crippen LogP contribution in [-0.2, 0) is 14.3 Å². The van der Waals surface area contributed by atoms with Crippen molar-refractivity contribution in [1.29, 1.82) is 0 Å². The number of halogens is 2. The lowest BCUT2D eigenvalue weighted by atomic mass is 9.94. The third-order valence-electron chi connectivity index (χ3n) is 5.38. The molecule has 2 aromatic carbocycles. The Morgan fingerprint density at radius 2 is 1.97 bits per heavy atom. The molecule has 0 saturated carbocycles. The van der Waals surface area contributed by atoms with Gasteiger partial charge in [0.05, 0.1) is 41.7 Å². The number of aliphatic imine (C=N–C) groups is 1. The number of amides is 1. The van der Waals surface area contributed by atoms with E-state index in [-0.39, 0.29) is 13.2 Å². The van der Waals surface area contributed by atoms with Gasteiger partial charge in [-0.15, -0.1) is 0 Å². The largest absolute Gasteiger partial charge is 0.493 e. The van der Waals surface area contributed by atoms with Crippen LogP contribution >= 0.6 is 35.0 Å². The van der Waals surface area contributed by atoms with Crippen molar-refractivity contribution in [3.63, 3.8) is 0 Å². The number of hydrogen-bond acceptors (Lipinski definition) is 8. The average molecular weight is 548 g/mol. The molecule has 8 nitrogen and oxygen atoms in total. The Labute approximate surface area is 222 Å². The number of carbonyl (C=O) groups excluding carboxylic acids is 2. The highest BCUT2D eigenvalue weighted by molar-refractivity contribution is 8.16. The Kier molecular flexibility index (Phi) is 8.13. The number of esters is 1. The van der Waals surface area contributed by atoms with Crippen molar-refractivity contribution in [3.05, 3.63) is 74.9 Å². The number of methoxy groups -OCH3 is 1. The fourth-order valence-corrected chi connectivity index (χ4v) is 5.04. The van der Waals surface area contributed by atoms with Gasteiger partial charge in [0.25, 0.3) is 5.91 Å². The fraction of sp³-hybridized carbons (Fsp3) is 0.240. The lowest BCUT2D eigenvalue weighted by Gasteiger charge is -2.33. The van der Waals surface area contributed by atoms with E-state index in [1.54, 1.807) is 38.1 Å². The maximum absolute atomic E-state index is 12.8. The molecule has 188 valence electrons. The van der Waals surface area contributed by atoms with E-state index in [9.17, 15) is 9.59 Å². The number of fused-ring (bicyclic) bond motifs is 1. The number of nitrogens with one attached hydrogen (secondary N) is 1. The summed E-state index contributed by atoms with van der Waals surface area (Å²) in [5.74, 6) is -0.0515. The molecular formula is C25H23Cl2N3O5S. The number of thioether (sulfide) groups is 1. The van der Waals surface area contributed by atoms with Gasteiger partial charge in [-0.2, -0.15) is 0 Å². The summed E-state index contributed by atoms with van der Waals surface area (Å²) >= 11 is 13.5. The summed E-state index contributed by atoms with van der Waals surface area (Å²) in [5.41, 5.74) is 2.25.